The van der Waals surface area contributed by atoms with Gasteiger partial charge in [-0.1, -0.05) is 0 Å². The average Bonchev–Trinajstić information content (AvgIpc) is 2.23. The minimum Gasteiger partial charge on any atom is -0.391 e. The lowest BCUT2D eigenvalue weighted by Crippen LogP contribution is -2.53. The normalized spacial score (nSPS) is 57.7. The predicted octanol–water partition coefficient (Wildman–Crippen LogP) is -0.371. The Morgan fingerprint density at radius 3 is 2.44 bits per heavy atom. The first-order valence-corrected chi connectivity index (χ1v) is 3.24. The summed E-state index contributed by atoms with van der Waals surface area (Å²) in [6, 6.07) is -0.185. The molecule has 3 rings (SSSR count). The molecule has 2 bridgehead atoms. The lowest BCUT2D eigenvalue weighted by Gasteiger charge is -2.35. The fourth-order valence-electron chi connectivity index (χ4n) is 1.90. The molecule has 0 amide bonds. The van der Waals surface area contributed by atoms with E-state index in [0.29, 0.717) is 0 Å². The molecule has 3 heteroatoms. The van der Waals surface area contributed by atoms with E-state index in [1.54, 1.807) is 0 Å². The van der Waals surface area contributed by atoms with E-state index in [4.69, 9.17) is 5.11 Å². The monoisotopic (exact) mass is 131 g/mol. The zero-order valence-electron chi connectivity index (χ0n) is 5.29. The molecule has 52 valence electrons. The van der Waals surface area contributed by atoms with Crippen LogP contribution in [0.25, 0.3) is 0 Å². The zero-order chi connectivity index (χ0) is 6.59. The average molecular weight is 131 g/mol. The van der Waals surface area contributed by atoms with Gasteiger partial charge in [-0.05, 0) is 7.05 Å². The highest BCUT2D eigenvalue weighted by molar-refractivity contribution is 5.10. The molecule has 1 saturated carbocycles. The number of aliphatic hydroxyl groups is 1. The van der Waals surface area contributed by atoms with Crippen LogP contribution in [-0.2, 0) is 0 Å². The van der Waals surface area contributed by atoms with Gasteiger partial charge in [0.05, 0.1) is 12.1 Å². The molecule has 4 atom stereocenters. The first-order chi connectivity index (χ1) is 4.22. The fourth-order valence-corrected chi connectivity index (χ4v) is 1.90. The third-order valence-corrected chi connectivity index (χ3v) is 2.53. The van der Waals surface area contributed by atoms with Crippen LogP contribution in [0.5, 0.6) is 0 Å². The zero-order valence-corrected chi connectivity index (χ0v) is 5.29. The summed E-state index contributed by atoms with van der Waals surface area (Å²) in [4.78, 5) is 1.89. The topological polar surface area (TPSA) is 23.5 Å². The van der Waals surface area contributed by atoms with Crippen molar-refractivity contribution in [2.45, 2.75) is 18.3 Å². The summed E-state index contributed by atoms with van der Waals surface area (Å²) in [5.41, 5.74) is 0. The van der Waals surface area contributed by atoms with Crippen molar-refractivity contribution in [3.8, 4) is 0 Å². The van der Waals surface area contributed by atoms with Crippen molar-refractivity contribution in [3.05, 3.63) is 0 Å². The minimum atomic E-state index is -0.759. The van der Waals surface area contributed by atoms with E-state index in [9.17, 15) is 4.39 Å². The van der Waals surface area contributed by atoms with Crippen LogP contribution >= 0.6 is 0 Å². The van der Waals surface area contributed by atoms with Crippen molar-refractivity contribution < 1.29 is 9.50 Å². The summed E-state index contributed by atoms with van der Waals surface area (Å²) in [5.74, 6) is -0.0833. The second-order valence-corrected chi connectivity index (χ2v) is 3.03. The quantitative estimate of drug-likeness (QED) is 0.485. The summed E-state index contributed by atoms with van der Waals surface area (Å²) in [7, 11) is 1.85. The van der Waals surface area contributed by atoms with Gasteiger partial charge in [-0.2, -0.15) is 0 Å². The Morgan fingerprint density at radius 1 is 1.67 bits per heavy atom. The van der Waals surface area contributed by atoms with E-state index in [1.165, 1.54) is 0 Å². The summed E-state index contributed by atoms with van der Waals surface area (Å²) in [5, 5.41) is 9.11. The van der Waals surface area contributed by atoms with Crippen LogP contribution in [-0.4, -0.2) is 41.9 Å². The lowest BCUT2D eigenvalue weighted by atomic mass is 9.80. The summed E-state index contributed by atoms with van der Waals surface area (Å²) >= 11 is 0. The van der Waals surface area contributed by atoms with E-state index >= 15 is 0 Å². The van der Waals surface area contributed by atoms with E-state index in [0.717, 1.165) is 6.54 Å². The molecule has 1 aliphatic carbocycles. The largest absolute Gasteiger partial charge is 0.391 e. The molecule has 3 fully saturated rings. The lowest BCUT2D eigenvalue weighted by molar-refractivity contribution is -0.0457. The Hall–Kier alpha value is -0.150. The third kappa shape index (κ3) is 0.472. The number of rotatable bonds is 0. The van der Waals surface area contributed by atoms with Crippen LogP contribution in [0.4, 0.5) is 4.39 Å². The number of fused-ring (bicyclic) bond motifs is 1. The van der Waals surface area contributed by atoms with Gasteiger partial charge in [-0.15, -0.1) is 0 Å². The van der Waals surface area contributed by atoms with Crippen LogP contribution in [0, 0.1) is 5.92 Å². The molecule has 9 heavy (non-hydrogen) atoms. The molecule has 0 aromatic carbocycles. The van der Waals surface area contributed by atoms with Gasteiger partial charge in [0.2, 0.25) is 0 Å². The van der Waals surface area contributed by atoms with Crippen LogP contribution in [0.3, 0.4) is 0 Å². The molecule has 0 radical (unpaired) electrons. The second kappa shape index (κ2) is 1.47. The van der Waals surface area contributed by atoms with Crippen LogP contribution in [0.2, 0.25) is 0 Å². The molecule has 4 unspecified atom stereocenters. The Labute approximate surface area is 53.3 Å². The SMILES string of the molecule is CN1CC2C(O)C1C2F. The maximum atomic E-state index is 12.7. The van der Waals surface area contributed by atoms with E-state index in [-0.39, 0.29) is 18.1 Å². The number of hydrogen-bond acceptors (Lipinski definition) is 2. The highest BCUT2D eigenvalue weighted by atomic mass is 19.1. The highest BCUT2D eigenvalue weighted by Gasteiger charge is 2.58. The van der Waals surface area contributed by atoms with Crippen LogP contribution in [0.15, 0.2) is 0 Å². The van der Waals surface area contributed by atoms with Gasteiger partial charge in [0.15, 0.2) is 0 Å². The highest BCUT2D eigenvalue weighted by Crippen LogP contribution is 2.42. The van der Waals surface area contributed by atoms with E-state index in [1.807, 2.05) is 11.9 Å². The van der Waals surface area contributed by atoms with Crippen molar-refractivity contribution in [1.82, 2.24) is 4.90 Å². The van der Waals surface area contributed by atoms with Gasteiger partial charge in [0.25, 0.3) is 0 Å². The molecule has 2 aliphatic heterocycles. The van der Waals surface area contributed by atoms with Crippen LogP contribution in [0.1, 0.15) is 0 Å². The molecule has 0 spiro atoms. The number of likely N-dealkylation sites (N-methyl/N-ethyl adjacent to an activating group) is 1. The summed E-state index contributed by atoms with van der Waals surface area (Å²) in [6.45, 7) is 0.729. The molecule has 1 N–H and O–H groups in total. The Kier molecular flexibility index (Phi) is 0.916. The smallest absolute Gasteiger partial charge is 0.125 e. The molecular weight excluding hydrogens is 121 g/mol. The van der Waals surface area contributed by atoms with E-state index < -0.39 is 6.17 Å². The van der Waals surface area contributed by atoms with Crippen molar-refractivity contribution in [2.75, 3.05) is 13.6 Å². The third-order valence-electron chi connectivity index (χ3n) is 2.53. The first-order valence-electron chi connectivity index (χ1n) is 3.24. The van der Waals surface area contributed by atoms with E-state index in [2.05, 4.69) is 0 Å². The van der Waals surface area contributed by atoms with Crippen molar-refractivity contribution in [2.24, 2.45) is 5.92 Å². The maximum Gasteiger partial charge on any atom is 0.125 e. The second-order valence-electron chi connectivity index (χ2n) is 3.03. The van der Waals surface area contributed by atoms with Crippen LogP contribution < -0.4 is 0 Å². The standard InChI is InChI=1S/C6H10FNO/c1-8-2-3-4(7)5(8)6(3)9/h3-6,9H,2H2,1H3. The molecule has 3 aliphatic rings. The Morgan fingerprint density at radius 2 is 2.33 bits per heavy atom. The number of nitrogens with zero attached hydrogens (tertiary/aromatic N) is 1. The summed E-state index contributed by atoms with van der Waals surface area (Å²) < 4.78 is 12.7. The Balaban J connectivity index is 2.16. The molecule has 2 nitrogen and oxygen atoms in total. The van der Waals surface area contributed by atoms with Gasteiger partial charge in [0, 0.05) is 12.5 Å². The van der Waals surface area contributed by atoms with Crippen molar-refractivity contribution in [3.63, 3.8) is 0 Å². The van der Waals surface area contributed by atoms with Gasteiger partial charge < -0.3 is 5.11 Å². The molecular formula is C6H10FNO. The van der Waals surface area contributed by atoms with Gasteiger partial charge in [-0.25, -0.2) is 4.39 Å². The number of halogens is 1. The fraction of sp³-hybridized carbons (Fsp3) is 1.00. The molecule has 0 aromatic rings. The molecule has 2 saturated heterocycles. The van der Waals surface area contributed by atoms with Gasteiger partial charge >= 0.3 is 0 Å². The molecule has 0 aromatic heterocycles. The van der Waals surface area contributed by atoms with Gasteiger partial charge in [-0.3, -0.25) is 4.90 Å². The summed E-state index contributed by atoms with van der Waals surface area (Å²) in [6.07, 6.45) is -1.14. The van der Waals surface area contributed by atoms with Crippen molar-refractivity contribution in [1.29, 1.82) is 0 Å². The Bertz CT molecular complexity index is 126. The maximum absolute atomic E-state index is 12.7. The number of alkyl halides is 1. The minimum absolute atomic E-state index is 0.0833. The number of hydrogen-bond donors (Lipinski definition) is 1. The molecule has 2 heterocycles. The first kappa shape index (κ1) is 5.62. The predicted molar refractivity (Wildman–Crippen MR) is 30.8 cm³/mol. The van der Waals surface area contributed by atoms with Crippen molar-refractivity contribution >= 4 is 0 Å². The number of aliphatic hydroxyl groups excluding tert-OH is 1. The van der Waals surface area contributed by atoms with Gasteiger partial charge in [0.1, 0.15) is 6.17 Å².